The zero-order chi connectivity index (χ0) is 19.9. The summed E-state index contributed by atoms with van der Waals surface area (Å²) in [5.41, 5.74) is -0.0490. The summed E-state index contributed by atoms with van der Waals surface area (Å²) < 4.78 is 0. The van der Waals surface area contributed by atoms with E-state index in [4.69, 9.17) is 0 Å². The van der Waals surface area contributed by atoms with Crippen LogP contribution in [0.3, 0.4) is 0 Å². The maximum Gasteiger partial charge on any atom is 0.170 e. The molecule has 0 aliphatic heterocycles. The van der Waals surface area contributed by atoms with Gasteiger partial charge in [-0.05, 0) is 6.42 Å². The third-order valence-corrected chi connectivity index (χ3v) is 5.45. The molecule has 0 amide bonds. The molecule has 0 spiro atoms. The van der Waals surface area contributed by atoms with Crippen molar-refractivity contribution in [3.63, 3.8) is 0 Å². The van der Waals surface area contributed by atoms with E-state index in [2.05, 4.69) is 6.92 Å². The van der Waals surface area contributed by atoms with Crippen molar-refractivity contribution in [2.24, 2.45) is 5.92 Å². The van der Waals surface area contributed by atoms with Gasteiger partial charge >= 0.3 is 0 Å². The van der Waals surface area contributed by atoms with Gasteiger partial charge in [-0.15, -0.1) is 0 Å². The van der Waals surface area contributed by atoms with Crippen LogP contribution in [0, 0.1) is 5.92 Å². The Bertz CT molecular complexity index is 473. The third kappa shape index (κ3) is 9.88. The number of Topliss-reactive ketones (excluding diaryl/α,β-unsaturated/α-hetero) is 2. The normalized spacial score (nSPS) is 17.4. The molecule has 0 atom stereocenters. The first-order chi connectivity index (χ1) is 13.1. The van der Waals surface area contributed by atoms with Crippen LogP contribution < -0.4 is 0 Å². The highest BCUT2D eigenvalue weighted by Gasteiger charge is 2.32. The molecule has 0 aromatic heterocycles. The summed E-state index contributed by atoms with van der Waals surface area (Å²) in [5, 5.41) is 10.1. The molecule has 0 heterocycles. The SMILES string of the molecule is CCCCCCCCCCCCCCCC(O)=C1C(=O)CC(C=O)CC1=O. The van der Waals surface area contributed by atoms with Gasteiger partial charge in [0.1, 0.15) is 12.0 Å². The van der Waals surface area contributed by atoms with Crippen molar-refractivity contribution in [1.82, 2.24) is 0 Å². The summed E-state index contributed by atoms with van der Waals surface area (Å²) in [6.45, 7) is 2.25. The summed E-state index contributed by atoms with van der Waals surface area (Å²) in [7, 11) is 0. The van der Waals surface area contributed by atoms with Gasteiger partial charge in [0.2, 0.25) is 0 Å². The first-order valence-corrected chi connectivity index (χ1v) is 11.0. The Balaban J connectivity index is 2.05. The Labute approximate surface area is 164 Å². The van der Waals surface area contributed by atoms with E-state index in [1.54, 1.807) is 0 Å². The molecule has 1 N–H and O–H groups in total. The molecule has 4 nitrogen and oxygen atoms in total. The van der Waals surface area contributed by atoms with Crippen LogP contribution in [0.15, 0.2) is 11.3 Å². The molecule has 1 aliphatic rings. The number of ketones is 2. The van der Waals surface area contributed by atoms with Gasteiger partial charge in [0.05, 0.1) is 5.57 Å². The lowest BCUT2D eigenvalue weighted by atomic mass is 9.83. The Morgan fingerprint density at radius 3 is 1.63 bits per heavy atom. The maximum absolute atomic E-state index is 12.0. The van der Waals surface area contributed by atoms with E-state index in [1.165, 1.54) is 64.2 Å². The lowest BCUT2D eigenvalue weighted by Crippen LogP contribution is -2.28. The summed E-state index contributed by atoms with van der Waals surface area (Å²) in [6, 6.07) is 0. The van der Waals surface area contributed by atoms with E-state index in [1.807, 2.05) is 0 Å². The maximum atomic E-state index is 12.0. The standard InChI is InChI=1S/C23H38O4/c1-2-3-4-5-6-7-8-9-10-11-12-13-14-15-20(25)23-21(26)16-19(18-24)17-22(23)27/h18-19,25H,2-17H2,1H3. The van der Waals surface area contributed by atoms with Crippen LogP contribution in [0.4, 0.5) is 0 Å². The Morgan fingerprint density at radius 2 is 1.22 bits per heavy atom. The average Bonchev–Trinajstić information content (AvgIpc) is 2.64. The second kappa shape index (κ2) is 14.6. The smallest absolute Gasteiger partial charge is 0.170 e. The lowest BCUT2D eigenvalue weighted by Gasteiger charge is -2.18. The molecule has 1 rings (SSSR count). The molecule has 1 aliphatic carbocycles. The minimum absolute atomic E-state index is 0.0488. The topological polar surface area (TPSA) is 71.4 Å². The highest BCUT2D eigenvalue weighted by molar-refractivity contribution is 6.23. The number of carbonyl (C=O) groups excluding carboxylic acids is 3. The van der Waals surface area contributed by atoms with Gasteiger partial charge in [-0.3, -0.25) is 9.59 Å². The second-order valence-corrected chi connectivity index (χ2v) is 7.97. The van der Waals surface area contributed by atoms with Crippen LogP contribution in [0.2, 0.25) is 0 Å². The van der Waals surface area contributed by atoms with Crippen molar-refractivity contribution < 1.29 is 19.5 Å². The number of aldehydes is 1. The van der Waals surface area contributed by atoms with E-state index in [-0.39, 0.29) is 35.7 Å². The van der Waals surface area contributed by atoms with Gasteiger partial charge < -0.3 is 9.90 Å². The minimum Gasteiger partial charge on any atom is -0.511 e. The van der Waals surface area contributed by atoms with E-state index in [0.717, 1.165) is 19.3 Å². The van der Waals surface area contributed by atoms with Gasteiger partial charge in [0.15, 0.2) is 11.6 Å². The Morgan fingerprint density at radius 1 is 0.815 bits per heavy atom. The van der Waals surface area contributed by atoms with Gasteiger partial charge in [0.25, 0.3) is 0 Å². The van der Waals surface area contributed by atoms with Crippen molar-refractivity contribution in [2.45, 2.75) is 110 Å². The molecular weight excluding hydrogens is 340 g/mol. The lowest BCUT2D eigenvalue weighted by molar-refractivity contribution is -0.129. The van der Waals surface area contributed by atoms with Crippen molar-refractivity contribution >= 4 is 17.9 Å². The number of carbonyl (C=O) groups is 3. The quantitative estimate of drug-likeness (QED) is 0.124. The van der Waals surface area contributed by atoms with Crippen LogP contribution in [0.1, 0.15) is 110 Å². The molecule has 0 aromatic rings. The number of allylic oxidation sites excluding steroid dienone is 2. The average molecular weight is 379 g/mol. The number of rotatable bonds is 15. The molecule has 4 heteroatoms. The van der Waals surface area contributed by atoms with Crippen LogP contribution in [0.5, 0.6) is 0 Å². The van der Waals surface area contributed by atoms with Crippen molar-refractivity contribution in [3.8, 4) is 0 Å². The van der Waals surface area contributed by atoms with Crippen LogP contribution in [0.25, 0.3) is 0 Å². The molecule has 27 heavy (non-hydrogen) atoms. The number of aliphatic hydroxyl groups is 1. The fourth-order valence-corrected chi connectivity index (χ4v) is 3.76. The van der Waals surface area contributed by atoms with Crippen LogP contribution in [-0.2, 0) is 14.4 Å². The Kier molecular flexibility index (Phi) is 12.7. The largest absolute Gasteiger partial charge is 0.511 e. The third-order valence-electron chi connectivity index (χ3n) is 5.45. The number of unbranched alkanes of at least 4 members (excludes halogenated alkanes) is 12. The van der Waals surface area contributed by atoms with E-state index in [0.29, 0.717) is 12.7 Å². The number of aliphatic hydroxyl groups excluding tert-OH is 1. The summed E-state index contributed by atoms with van der Waals surface area (Å²) in [6.07, 6.45) is 17.4. The van der Waals surface area contributed by atoms with E-state index in [9.17, 15) is 19.5 Å². The van der Waals surface area contributed by atoms with E-state index >= 15 is 0 Å². The zero-order valence-electron chi connectivity index (χ0n) is 17.1. The van der Waals surface area contributed by atoms with Crippen molar-refractivity contribution in [1.29, 1.82) is 0 Å². The fraction of sp³-hybridized carbons (Fsp3) is 0.783. The highest BCUT2D eigenvalue weighted by Crippen LogP contribution is 2.25. The molecule has 1 fully saturated rings. The minimum atomic E-state index is -0.516. The number of hydrogen-bond acceptors (Lipinski definition) is 4. The Hall–Kier alpha value is -1.45. The molecule has 154 valence electrons. The van der Waals surface area contributed by atoms with Gasteiger partial charge in [0, 0.05) is 25.2 Å². The molecule has 0 saturated heterocycles. The predicted octanol–water partition coefficient (Wildman–Crippen LogP) is 6.03. The molecule has 0 aromatic carbocycles. The van der Waals surface area contributed by atoms with Crippen LogP contribution in [-0.4, -0.2) is 23.0 Å². The van der Waals surface area contributed by atoms with Gasteiger partial charge in [-0.2, -0.15) is 0 Å². The van der Waals surface area contributed by atoms with Gasteiger partial charge in [-0.1, -0.05) is 84.0 Å². The zero-order valence-corrected chi connectivity index (χ0v) is 17.1. The van der Waals surface area contributed by atoms with Crippen molar-refractivity contribution in [3.05, 3.63) is 11.3 Å². The summed E-state index contributed by atoms with van der Waals surface area (Å²) >= 11 is 0. The number of hydrogen-bond donors (Lipinski definition) is 1. The molecule has 0 unspecified atom stereocenters. The van der Waals surface area contributed by atoms with E-state index < -0.39 is 5.92 Å². The first kappa shape index (κ1) is 23.6. The molecule has 0 radical (unpaired) electrons. The monoisotopic (exact) mass is 378 g/mol. The van der Waals surface area contributed by atoms with Crippen LogP contribution >= 0.6 is 0 Å². The summed E-state index contributed by atoms with van der Waals surface area (Å²) in [4.78, 5) is 34.7. The van der Waals surface area contributed by atoms with Crippen molar-refractivity contribution in [2.75, 3.05) is 0 Å². The van der Waals surface area contributed by atoms with Gasteiger partial charge in [-0.25, -0.2) is 0 Å². The highest BCUT2D eigenvalue weighted by atomic mass is 16.3. The second-order valence-electron chi connectivity index (χ2n) is 7.97. The fourth-order valence-electron chi connectivity index (χ4n) is 3.76. The first-order valence-electron chi connectivity index (χ1n) is 11.0. The predicted molar refractivity (Wildman–Crippen MR) is 109 cm³/mol. The summed E-state index contributed by atoms with van der Waals surface area (Å²) in [5.74, 6) is -1.35. The molecular formula is C23H38O4. The molecule has 0 bridgehead atoms. The molecule has 1 saturated carbocycles.